The van der Waals surface area contributed by atoms with Gasteiger partial charge in [-0.2, -0.15) is 0 Å². The SMILES string of the molecule is CCC=CCC=CCC=CCC=CCC=CCC=CCCC(=O)NC(C)C(=O)Oc1ccc2c(C(=O)c3ccc(OCCN4CCOCC4)cc3)c(-c3ccc(O)cc3)sc2c1. The summed E-state index contributed by atoms with van der Waals surface area (Å²) in [6.45, 7) is 8.34. The highest BCUT2D eigenvalue weighted by atomic mass is 32.1. The molecule has 1 aliphatic rings. The van der Waals surface area contributed by atoms with Gasteiger partial charge in [-0.15, -0.1) is 11.3 Å². The Morgan fingerprint density at radius 3 is 1.97 bits per heavy atom. The van der Waals surface area contributed by atoms with E-state index in [9.17, 15) is 19.5 Å². The van der Waals surface area contributed by atoms with Gasteiger partial charge in [0.25, 0.3) is 0 Å². The zero-order valence-electron chi connectivity index (χ0n) is 36.0. The fourth-order valence-corrected chi connectivity index (χ4v) is 7.81. The van der Waals surface area contributed by atoms with E-state index in [1.807, 2.05) is 24.3 Å². The molecular weight excluding hydrogens is 797 g/mol. The topological polar surface area (TPSA) is 114 Å². The number of carbonyl (C=O) groups excluding carboxylic acids is 3. The quantitative estimate of drug-likeness (QED) is 0.0310. The first-order valence-electron chi connectivity index (χ1n) is 21.7. The molecule has 5 rings (SSSR count). The van der Waals surface area contributed by atoms with Crippen LogP contribution in [0, 0.1) is 0 Å². The molecule has 2 heterocycles. The molecule has 0 saturated carbocycles. The summed E-state index contributed by atoms with van der Waals surface area (Å²) in [4.78, 5) is 42.9. The van der Waals surface area contributed by atoms with E-state index in [4.69, 9.17) is 14.2 Å². The van der Waals surface area contributed by atoms with Crippen molar-refractivity contribution in [1.82, 2.24) is 10.2 Å². The highest BCUT2D eigenvalue weighted by Gasteiger charge is 2.24. The Balaban J connectivity index is 1.08. The Morgan fingerprint density at radius 1 is 0.774 bits per heavy atom. The number of aromatic hydroxyl groups is 1. The monoisotopic (exact) mass is 856 g/mol. The van der Waals surface area contributed by atoms with Gasteiger partial charge in [0, 0.05) is 52.1 Å². The summed E-state index contributed by atoms with van der Waals surface area (Å²) in [6, 6.07) is 18.2. The van der Waals surface area contributed by atoms with Gasteiger partial charge in [-0.25, -0.2) is 4.79 Å². The predicted molar refractivity (Wildman–Crippen MR) is 252 cm³/mol. The molecule has 1 fully saturated rings. The summed E-state index contributed by atoms with van der Waals surface area (Å²) in [5.74, 6) is 0.117. The van der Waals surface area contributed by atoms with Gasteiger partial charge in [0.15, 0.2) is 5.78 Å². The number of morpholine rings is 1. The van der Waals surface area contributed by atoms with Gasteiger partial charge in [0.05, 0.1) is 13.2 Å². The van der Waals surface area contributed by atoms with Crippen LogP contribution < -0.4 is 14.8 Å². The van der Waals surface area contributed by atoms with Gasteiger partial charge >= 0.3 is 5.97 Å². The van der Waals surface area contributed by atoms with E-state index >= 15 is 0 Å². The number of carbonyl (C=O) groups is 3. The second kappa shape index (κ2) is 26.5. The zero-order valence-corrected chi connectivity index (χ0v) is 36.8. The van der Waals surface area contributed by atoms with Crippen LogP contribution >= 0.6 is 11.3 Å². The Hall–Kier alpha value is -5.81. The number of amides is 1. The fourth-order valence-electron chi connectivity index (χ4n) is 6.58. The average molecular weight is 857 g/mol. The van der Waals surface area contributed by atoms with Crippen molar-refractivity contribution in [3.8, 4) is 27.7 Å². The largest absolute Gasteiger partial charge is 0.508 e. The lowest BCUT2D eigenvalue weighted by Gasteiger charge is -2.26. The van der Waals surface area contributed by atoms with E-state index in [1.165, 1.54) is 11.3 Å². The Morgan fingerprint density at radius 2 is 1.35 bits per heavy atom. The smallest absolute Gasteiger partial charge is 0.333 e. The number of nitrogens with one attached hydrogen (secondary N) is 1. The number of phenols is 1. The van der Waals surface area contributed by atoms with Crippen molar-refractivity contribution in [2.24, 2.45) is 0 Å². The third kappa shape index (κ3) is 15.9. The van der Waals surface area contributed by atoms with E-state index in [1.54, 1.807) is 61.5 Å². The minimum Gasteiger partial charge on any atom is -0.508 e. The van der Waals surface area contributed by atoms with Crippen LogP contribution in [-0.2, 0) is 14.3 Å². The maximum absolute atomic E-state index is 14.2. The van der Waals surface area contributed by atoms with Gasteiger partial charge < -0.3 is 24.6 Å². The van der Waals surface area contributed by atoms with Crippen molar-refractivity contribution in [3.05, 3.63) is 151 Å². The number of ketones is 1. The minimum atomic E-state index is -0.858. The molecule has 3 aromatic carbocycles. The molecule has 1 saturated heterocycles. The van der Waals surface area contributed by atoms with Crippen LogP contribution in [0.25, 0.3) is 20.5 Å². The lowest BCUT2D eigenvalue weighted by Crippen LogP contribution is -2.40. The normalized spacial score (nSPS) is 14.4. The van der Waals surface area contributed by atoms with E-state index in [2.05, 4.69) is 77.9 Å². The number of hydrogen-bond acceptors (Lipinski definition) is 9. The van der Waals surface area contributed by atoms with Gasteiger partial charge in [-0.3, -0.25) is 14.5 Å². The Bertz CT molecular complexity index is 2210. The maximum Gasteiger partial charge on any atom is 0.333 e. The molecule has 0 spiro atoms. The van der Waals surface area contributed by atoms with Gasteiger partial charge in [0.1, 0.15) is 29.9 Å². The lowest BCUT2D eigenvalue weighted by molar-refractivity contribution is -0.138. The van der Waals surface area contributed by atoms with E-state index in [0.717, 1.165) is 86.5 Å². The molecule has 2 N–H and O–H groups in total. The first-order chi connectivity index (χ1) is 30.3. The first kappa shape index (κ1) is 47.2. The summed E-state index contributed by atoms with van der Waals surface area (Å²) in [5, 5.41) is 13.4. The number of phenolic OH excluding ortho intramolecular Hbond substituents is 1. The number of esters is 1. The van der Waals surface area contributed by atoms with Crippen LogP contribution in [-0.4, -0.2) is 73.2 Å². The molecule has 326 valence electrons. The molecule has 1 unspecified atom stereocenters. The third-order valence-electron chi connectivity index (χ3n) is 10.00. The number of fused-ring (bicyclic) bond motifs is 1. The van der Waals surface area contributed by atoms with Crippen LogP contribution in [0.1, 0.15) is 81.1 Å². The summed E-state index contributed by atoms with van der Waals surface area (Å²) >= 11 is 1.40. The number of hydrogen-bond donors (Lipinski definition) is 2. The lowest BCUT2D eigenvalue weighted by atomic mass is 9.97. The maximum atomic E-state index is 14.2. The van der Waals surface area contributed by atoms with Crippen molar-refractivity contribution in [2.45, 2.75) is 71.3 Å². The van der Waals surface area contributed by atoms with Gasteiger partial charge in [-0.05, 0) is 124 Å². The molecule has 4 aromatic rings. The fraction of sp³-hybridized carbons (Fsp3) is 0.327. The van der Waals surface area contributed by atoms with Crippen LogP contribution in [0.3, 0.4) is 0 Å². The molecule has 10 heteroatoms. The number of nitrogens with zero attached hydrogens (tertiary/aromatic N) is 1. The summed E-state index contributed by atoms with van der Waals surface area (Å²) < 4.78 is 17.8. The average Bonchev–Trinajstić information content (AvgIpc) is 3.66. The molecule has 1 amide bonds. The minimum absolute atomic E-state index is 0.121. The number of thiophene rings is 1. The molecule has 1 aromatic heterocycles. The van der Waals surface area contributed by atoms with Crippen LogP contribution in [0.15, 0.2) is 140 Å². The molecule has 62 heavy (non-hydrogen) atoms. The van der Waals surface area contributed by atoms with E-state index < -0.39 is 12.0 Å². The number of rotatable bonds is 24. The van der Waals surface area contributed by atoms with Crippen molar-refractivity contribution in [1.29, 1.82) is 0 Å². The van der Waals surface area contributed by atoms with Crippen molar-refractivity contribution >= 4 is 39.1 Å². The Labute approximate surface area is 370 Å². The van der Waals surface area contributed by atoms with E-state index in [0.29, 0.717) is 41.0 Å². The molecule has 0 aliphatic carbocycles. The molecule has 9 nitrogen and oxygen atoms in total. The van der Waals surface area contributed by atoms with Crippen molar-refractivity contribution < 1.29 is 33.7 Å². The summed E-state index contributed by atoms with van der Waals surface area (Å²) in [7, 11) is 0. The molecule has 1 aliphatic heterocycles. The van der Waals surface area contributed by atoms with Gasteiger partial charge in [-0.1, -0.05) is 79.8 Å². The van der Waals surface area contributed by atoms with Crippen molar-refractivity contribution in [2.75, 3.05) is 39.5 Å². The standard InChI is InChI=1S/C52H60N2O7S/c1-3-4-5-6-7-8-9-10-11-12-13-14-15-16-17-18-19-20-21-22-48(56)53-40(2)52(58)61-45-31-32-46-47(39-45)62-51(42-23-27-43(55)28-24-42)49(46)50(57)41-25-29-44(30-26-41)60-38-35-54-33-36-59-37-34-54/h4-5,7-8,10-11,13-14,16-17,19-20,23-32,39-40,55H,3,6,9,12,15,18,21-22,33-38H2,1-2H3,(H,53,56). The highest BCUT2D eigenvalue weighted by molar-refractivity contribution is 7.22. The van der Waals surface area contributed by atoms with Crippen molar-refractivity contribution in [3.63, 3.8) is 0 Å². The van der Waals surface area contributed by atoms with Crippen LogP contribution in [0.5, 0.6) is 17.2 Å². The van der Waals surface area contributed by atoms with E-state index in [-0.39, 0.29) is 23.9 Å². The zero-order chi connectivity index (χ0) is 43.8. The summed E-state index contributed by atoms with van der Waals surface area (Å²) in [6.07, 6.45) is 32.2. The highest BCUT2D eigenvalue weighted by Crippen LogP contribution is 2.42. The van der Waals surface area contributed by atoms with Crippen LogP contribution in [0.2, 0.25) is 0 Å². The molecule has 0 radical (unpaired) electrons. The second-order valence-corrected chi connectivity index (χ2v) is 15.9. The number of allylic oxidation sites excluding steroid dienone is 12. The molecule has 0 bridgehead atoms. The second-order valence-electron chi connectivity index (χ2n) is 14.8. The number of benzene rings is 3. The molecular formula is C52H60N2O7S. The Kier molecular flexibility index (Phi) is 20.2. The molecule has 1 atom stereocenters. The van der Waals surface area contributed by atoms with Crippen LogP contribution in [0.4, 0.5) is 0 Å². The third-order valence-corrected chi connectivity index (χ3v) is 11.2. The predicted octanol–water partition coefficient (Wildman–Crippen LogP) is 11.1. The number of ether oxygens (including phenoxy) is 3. The first-order valence-corrected chi connectivity index (χ1v) is 22.5. The van der Waals surface area contributed by atoms with Gasteiger partial charge in [0.2, 0.25) is 5.91 Å². The summed E-state index contributed by atoms with van der Waals surface area (Å²) in [5.41, 5.74) is 1.79.